The van der Waals surface area contributed by atoms with E-state index in [9.17, 15) is 14.0 Å². The van der Waals surface area contributed by atoms with Crippen LogP contribution in [0.25, 0.3) is 0 Å². The highest BCUT2D eigenvalue weighted by Gasteiger charge is 2.29. The van der Waals surface area contributed by atoms with Crippen LogP contribution in [-0.4, -0.2) is 22.2 Å². The van der Waals surface area contributed by atoms with Gasteiger partial charge in [0.2, 0.25) is 0 Å². The van der Waals surface area contributed by atoms with Crippen molar-refractivity contribution >= 4 is 27.9 Å². The van der Waals surface area contributed by atoms with E-state index in [0.29, 0.717) is 22.9 Å². The zero-order valence-corrected chi connectivity index (χ0v) is 15.4. The molecule has 0 heterocycles. The minimum absolute atomic E-state index is 0.0201. The minimum atomic E-state index is -1.44. The fourth-order valence-corrected chi connectivity index (χ4v) is 3.14. The summed E-state index contributed by atoms with van der Waals surface area (Å²) in [6.07, 6.45) is 5.14. The molecular weight excluding hydrogens is 379 g/mol. The molecule has 1 aromatic carbocycles. The zero-order chi connectivity index (χ0) is 18.1. The van der Waals surface area contributed by atoms with Crippen LogP contribution in [0.5, 0.6) is 0 Å². The van der Waals surface area contributed by atoms with Gasteiger partial charge in [0.1, 0.15) is 5.82 Å². The minimum Gasteiger partial charge on any atom is -0.481 e. The highest BCUT2D eigenvalue weighted by Crippen LogP contribution is 2.26. The smallest absolute Gasteiger partial charge is 0.317 e. The Hall–Kier alpha value is -1.43. The first-order chi connectivity index (χ1) is 11.3. The SMILES string of the molecule is CCCCCCC(Cc1ccc(Br)cc1F)CC(C(=O)O)C(=O)O. The predicted molar refractivity (Wildman–Crippen MR) is 93.4 cm³/mol. The van der Waals surface area contributed by atoms with E-state index in [1.165, 1.54) is 6.07 Å². The molecule has 1 aromatic rings. The predicted octanol–water partition coefficient (Wildman–Crippen LogP) is 4.89. The number of halogens is 2. The van der Waals surface area contributed by atoms with Crippen molar-refractivity contribution in [2.24, 2.45) is 11.8 Å². The lowest BCUT2D eigenvalue weighted by Crippen LogP contribution is -2.27. The van der Waals surface area contributed by atoms with Gasteiger partial charge in [-0.25, -0.2) is 4.39 Å². The number of carbonyl (C=O) groups is 2. The van der Waals surface area contributed by atoms with E-state index < -0.39 is 17.9 Å². The second kappa shape index (κ2) is 10.4. The fraction of sp³-hybridized carbons (Fsp3) is 0.556. The number of aliphatic carboxylic acids is 2. The van der Waals surface area contributed by atoms with Gasteiger partial charge in [-0.1, -0.05) is 61.0 Å². The van der Waals surface area contributed by atoms with E-state index in [0.717, 1.165) is 25.7 Å². The van der Waals surface area contributed by atoms with Crippen LogP contribution in [0, 0.1) is 17.7 Å². The molecule has 4 nitrogen and oxygen atoms in total. The maximum atomic E-state index is 14.0. The average molecular weight is 403 g/mol. The van der Waals surface area contributed by atoms with E-state index in [4.69, 9.17) is 10.2 Å². The summed E-state index contributed by atoms with van der Waals surface area (Å²) in [4.78, 5) is 22.3. The van der Waals surface area contributed by atoms with Crippen LogP contribution in [0.2, 0.25) is 0 Å². The van der Waals surface area contributed by atoms with Crippen molar-refractivity contribution in [1.82, 2.24) is 0 Å². The van der Waals surface area contributed by atoms with E-state index >= 15 is 0 Å². The third-order valence-corrected chi connectivity index (χ3v) is 4.65. The fourth-order valence-electron chi connectivity index (χ4n) is 2.80. The quantitative estimate of drug-likeness (QED) is 0.407. The second-order valence-electron chi connectivity index (χ2n) is 6.12. The van der Waals surface area contributed by atoms with Crippen LogP contribution >= 0.6 is 15.9 Å². The van der Waals surface area contributed by atoms with E-state index in [-0.39, 0.29) is 18.2 Å². The average Bonchev–Trinajstić information content (AvgIpc) is 2.50. The lowest BCUT2D eigenvalue weighted by atomic mass is 9.85. The second-order valence-corrected chi connectivity index (χ2v) is 7.04. The lowest BCUT2D eigenvalue weighted by Gasteiger charge is -2.20. The van der Waals surface area contributed by atoms with Gasteiger partial charge >= 0.3 is 11.9 Å². The Morgan fingerprint density at radius 3 is 2.38 bits per heavy atom. The Labute approximate surface area is 150 Å². The summed E-state index contributed by atoms with van der Waals surface area (Å²) in [5, 5.41) is 18.2. The van der Waals surface area contributed by atoms with Gasteiger partial charge in [-0.2, -0.15) is 0 Å². The van der Waals surface area contributed by atoms with Crippen LogP contribution in [0.1, 0.15) is 51.0 Å². The van der Waals surface area contributed by atoms with Gasteiger partial charge in [0.15, 0.2) is 5.92 Å². The summed E-state index contributed by atoms with van der Waals surface area (Å²) < 4.78 is 14.7. The normalized spacial score (nSPS) is 12.3. The number of hydrogen-bond donors (Lipinski definition) is 2. The molecule has 0 amide bonds. The molecular formula is C18H24BrFO4. The van der Waals surface area contributed by atoms with Crippen molar-refractivity contribution in [2.75, 3.05) is 0 Å². The summed E-state index contributed by atoms with van der Waals surface area (Å²) >= 11 is 3.20. The van der Waals surface area contributed by atoms with Crippen molar-refractivity contribution in [3.05, 3.63) is 34.1 Å². The van der Waals surface area contributed by atoms with Crippen LogP contribution in [0.3, 0.4) is 0 Å². The molecule has 1 rings (SSSR count). The summed E-state index contributed by atoms with van der Waals surface area (Å²) in [5.74, 6) is -4.64. The van der Waals surface area contributed by atoms with E-state index in [1.807, 2.05) is 0 Å². The summed E-state index contributed by atoms with van der Waals surface area (Å²) in [5.41, 5.74) is 0.494. The van der Waals surface area contributed by atoms with Crippen LogP contribution < -0.4 is 0 Å². The lowest BCUT2D eigenvalue weighted by molar-refractivity contribution is -0.155. The number of unbranched alkanes of at least 4 members (excludes halogenated alkanes) is 3. The summed E-state index contributed by atoms with van der Waals surface area (Å²) in [6, 6.07) is 4.77. The topological polar surface area (TPSA) is 74.6 Å². The van der Waals surface area contributed by atoms with Gasteiger partial charge < -0.3 is 10.2 Å². The van der Waals surface area contributed by atoms with Gasteiger partial charge in [0.25, 0.3) is 0 Å². The molecule has 2 N–H and O–H groups in total. The molecule has 0 aromatic heterocycles. The molecule has 0 saturated heterocycles. The molecule has 6 heteroatoms. The van der Waals surface area contributed by atoms with Crippen LogP contribution in [0.4, 0.5) is 4.39 Å². The Kier molecular flexibility index (Phi) is 8.97. The molecule has 1 atom stereocenters. The van der Waals surface area contributed by atoms with Gasteiger partial charge in [-0.15, -0.1) is 0 Å². The van der Waals surface area contributed by atoms with Crippen molar-refractivity contribution < 1.29 is 24.2 Å². The van der Waals surface area contributed by atoms with Gasteiger partial charge in [0, 0.05) is 4.47 Å². The number of hydrogen-bond acceptors (Lipinski definition) is 2. The number of rotatable bonds is 11. The number of benzene rings is 1. The molecule has 0 saturated carbocycles. The van der Waals surface area contributed by atoms with Crippen molar-refractivity contribution in [3.63, 3.8) is 0 Å². The molecule has 0 spiro atoms. The Morgan fingerprint density at radius 1 is 1.17 bits per heavy atom. The Morgan fingerprint density at radius 2 is 1.83 bits per heavy atom. The third-order valence-electron chi connectivity index (χ3n) is 4.15. The largest absolute Gasteiger partial charge is 0.481 e. The molecule has 0 aliphatic rings. The summed E-state index contributed by atoms with van der Waals surface area (Å²) in [7, 11) is 0. The van der Waals surface area contributed by atoms with Gasteiger partial charge in [0.05, 0.1) is 0 Å². The number of carboxylic acids is 2. The van der Waals surface area contributed by atoms with Crippen LogP contribution in [0.15, 0.2) is 22.7 Å². The molecule has 134 valence electrons. The Balaban J connectivity index is 2.83. The van der Waals surface area contributed by atoms with E-state index in [1.54, 1.807) is 12.1 Å². The third kappa shape index (κ3) is 6.99. The monoisotopic (exact) mass is 402 g/mol. The molecule has 0 fully saturated rings. The molecule has 24 heavy (non-hydrogen) atoms. The first kappa shape index (κ1) is 20.6. The van der Waals surface area contributed by atoms with Crippen molar-refractivity contribution in [1.29, 1.82) is 0 Å². The highest BCUT2D eigenvalue weighted by atomic mass is 79.9. The Bertz CT molecular complexity index is 548. The van der Waals surface area contributed by atoms with Gasteiger partial charge in [-0.3, -0.25) is 9.59 Å². The van der Waals surface area contributed by atoms with Gasteiger partial charge in [-0.05, 0) is 36.5 Å². The maximum Gasteiger partial charge on any atom is 0.317 e. The molecule has 1 unspecified atom stereocenters. The standard InChI is InChI=1S/C18H24BrFO4/c1-2-3-4-5-6-12(10-15(17(21)22)18(23)24)9-13-7-8-14(19)11-16(13)20/h7-8,11-12,15H,2-6,9-10H2,1H3,(H,21,22)(H,23,24). The molecule has 0 bridgehead atoms. The van der Waals surface area contributed by atoms with Crippen molar-refractivity contribution in [3.8, 4) is 0 Å². The zero-order valence-electron chi connectivity index (χ0n) is 13.8. The molecule has 0 aliphatic carbocycles. The summed E-state index contributed by atoms with van der Waals surface area (Å²) in [6.45, 7) is 2.10. The molecule has 0 aliphatic heterocycles. The van der Waals surface area contributed by atoms with Crippen LogP contribution in [-0.2, 0) is 16.0 Å². The molecule has 0 radical (unpaired) electrons. The van der Waals surface area contributed by atoms with E-state index in [2.05, 4.69) is 22.9 Å². The highest BCUT2D eigenvalue weighted by molar-refractivity contribution is 9.10. The number of carboxylic acid groups (broad SMARTS) is 2. The first-order valence-corrected chi connectivity index (χ1v) is 9.04. The maximum absolute atomic E-state index is 14.0. The van der Waals surface area contributed by atoms with Crippen molar-refractivity contribution in [2.45, 2.75) is 51.9 Å². The first-order valence-electron chi connectivity index (χ1n) is 8.24.